The summed E-state index contributed by atoms with van der Waals surface area (Å²) in [5.41, 5.74) is 2.02. The molecule has 0 saturated heterocycles. The standard InChI is InChI=1S/C7H6BrClO2S.C7H7ClO2S/c8-5-6-1-3-7(4-2-6)12(9,10)11;1-6-2-4-7(5-3-6)11(8,9)10/h1-4H,5H2;2-5H,1H3. The zero-order valence-electron chi connectivity index (χ0n) is 11.9. The van der Waals surface area contributed by atoms with E-state index in [9.17, 15) is 16.8 Å². The summed E-state index contributed by atoms with van der Waals surface area (Å²) in [6.45, 7) is 1.88. The Hall–Kier alpha value is -0.600. The lowest BCUT2D eigenvalue weighted by Crippen LogP contribution is -1.89. The number of rotatable bonds is 3. The molecule has 0 aromatic heterocycles. The summed E-state index contributed by atoms with van der Waals surface area (Å²) in [7, 11) is 3.08. The molecule has 0 atom stereocenters. The number of hydrogen-bond acceptors (Lipinski definition) is 4. The van der Waals surface area contributed by atoms with Crippen molar-refractivity contribution in [3.8, 4) is 0 Å². The molecule has 0 spiro atoms. The molecular weight excluding hydrogens is 447 g/mol. The molecule has 0 amide bonds. The van der Waals surface area contributed by atoms with E-state index in [4.69, 9.17) is 21.4 Å². The number of halogens is 3. The minimum absolute atomic E-state index is 0.133. The lowest BCUT2D eigenvalue weighted by Gasteiger charge is -1.96. The van der Waals surface area contributed by atoms with Crippen molar-refractivity contribution in [1.82, 2.24) is 0 Å². The maximum absolute atomic E-state index is 10.8. The van der Waals surface area contributed by atoms with Crippen molar-refractivity contribution in [2.24, 2.45) is 0 Å². The Morgan fingerprint density at radius 3 is 1.43 bits per heavy atom. The van der Waals surface area contributed by atoms with Crippen LogP contribution in [0.1, 0.15) is 11.1 Å². The van der Waals surface area contributed by atoms with Gasteiger partial charge in [-0.05, 0) is 36.8 Å². The second-order valence-corrected chi connectivity index (χ2v) is 10.2. The van der Waals surface area contributed by atoms with Gasteiger partial charge in [-0.25, -0.2) is 16.8 Å². The van der Waals surface area contributed by atoms with Crippen LogP contribution in [0.2, 0.25) is 0 Å². The highest BCUT2D eigenvalue weighted by atomic mass is 79.9. The summed E-state index contributed by atoms with van der Waals surface area (Å²) < 4.78 is 43.0. The Kier molecular flexibility index (Phi) is 7.54. The van der Waals surface area contributed by atoms with Crippen LogP contribution in [0.4, 0.5) is 0 Å². The van der Waals surface area contributed by atoms with Gasteiger partial charge in [-0.3, -0.25) is 0 Å². The van der Waals surface area contributed by atoms with Crippen LogP contribution in [-0.4, -0.2) is 16.8 Å². The van der Waals surface area contributed by atoms with E-state index in [1.807, 2.05) is 6.92 Å². The fourth-order valence-electron chi connectivity index (χ4n) is 1.44. The molecule has 0 aliphatic carbocycles. The molecule has 0 fully saturated rings. The Morgan fingerprint density at radius 2 is 1.13 bits per heavy atom. The average Bonchev–Trinajstić information content (AvgIpc) is 2.46. The molecule has 0 radical (unpaired) electrons. The molecule has 126 valence electrons. The first-order valence-corrected chi connectivity index (χ1v) is 11.9. The topological polar surface area (TPSA) is 68.3 Å². The van der Waals surface area contributed by atoms with Crippen LogP contribution >= 0.6 is 37.3 Å². The molecule has 9 heteroatoms. The highest BCUT2D eigenvalue weighted by Gasteiger charge is 2.08. The summed E-state index contributed by atoms with van der Waals surface area (Å²) in [6.07, 6.45) is 0. The first-order valence-electron chi connectivity index (χ1n) is 6.15. The molecule has 0 N–H and O–H groups in total. The van der Waals surface area contributed by atoms with E-state index in [0.717, 1.165) is 11.1 Å². The third kappa shape index (κ3) is 7.22. The van der Waals surface area contributed by atoms with Crippen molar-refractivity contribution in [3.63, 3.8) is 0 Å². The quantitative estimate of drug-likeness (QED) is 0.502. The van der Waals surface area contributed by atoms with E-state index in [-0.39, 0.29) is 9.79 Å². The van der Waals surface area contributed by atoms with E-state index < -0.39 is 18.1 Å². The lowest BCUT2D eigenvalue weighted by atomic mass is 10.2. The molecule has 0 heterocycles. The van der Waals surface area contributed by atoms with Gasteiger partial charge in [0.1, 0.15) is 0 Å². The SMILES string of the molecule is Cc1ccc(S(=O)(=O)Cl)cc1.O=S(=O)(Cl)c1ccc(CBr)cc1. The maximum Gasteiger partial charge on any atom is 0.261 e. The van der Waals surface area contributed by atoms with Crippen LogP contribution in [0.25, 0.3) is 0 Å². The average molecular weight is 460 g/mol. The molecule has 0 aliphatic rings. The molecule has 23 heavy (non-hydrogen) atoms. The molecule has 2 rings (SSSR count). The number of benzene rings is 2. The van der Waals surface area contributed by atoms with Crippen molar-refractivity contribution in [3.05, 3.63) is 59.7 Å². The van der Waals surface area contributed by atoms with Gasteiger partial charge in [0.15, 0.2) is 0 Å². The second-order valence-electron chi connectivity index (χ2n) is 4.47. The van der Waals surface area contributed by atoms with Gasteiger partial charge in [0.2, 0.25) is 0 Å². The maximum atomic E-state index is 10.8. The summed E-state index contributed by atoms with van der Waals surface area (Å²) in [5.74, 6) is 0. The van der Waals surface area contributed by atoms with Gasteiger partial charge < -0.3 is 0 Å². The Balaban J connectivity index is 0.000000231. The van der Waals surface area contributed by atoms with Crippen molar-refractivity contribution in [2.45, 2.75) is 22.0 Å². The first kappa shape index (κ1) is 20.4. The monoisotopic (exact) mass is 458 g/mol. The smallest absolute Gasteiger partial charge is 0.207 e. The molecule has 0 aliphatic heterocycles. The largest absolute Gasteiger partial charge is 0.261 e. The fraction of sp³-hybridized carbons (Fsp3) is 0.143. The van der Waals surface area contributed by atoms with Crippen LogP contribution in [0.5, 0.6) is 0 Å². The molecular formula is C14H13BrCl2O4S2. The van der Waals surface area contributed by atoms with E-state index in [1.165, 1.54) is 24.3 Å². The number of alkyl halides is 1. The van der Waals surface area contributed by atoms with Gasteiger partial charge in [0.05, 0.1) is 9.79 Å². The van der Waals surface area contributed by atoms with Gasteiger partial charge in [-0.2, -0.15) is 0 Å². The van der Waals surface area contributed by atoms with Crippen LogP contribution < -0.4 is 0 Å². The summed E-state index contributed by atoms with van der Waals surface area (Å²) in [4.78, 5) is 0.277. The van der Waals surface area contributed by atoms with Crippen LogP contribution in [0, 0.1) is 6.92 Å². The van der Waals surface area contributed by atoms with Crippen LogP contribution in [-0.2, 0) is 23.4 Å². The summed E-state index contributed by atoms with van der Waals surface area (Å²) in [5, 5.41) is 0.704. The minimum atomic E-state index is -3.57. The highest BCUT2D eigenvalue weighted by molar-refractivity contribution is 9.08. The normalized spacial score (nSPS) is 11.5. The third-order valence-corrected chi connectivity index (χ3v) is 6.05. The van der Waals surface area contributed by atoms with Gasteiger partial charge in [0.25, 0.3) is 18.1 Å². The third-order valence-electron chi connectivity index (χ3n) is 2.66. The number of aryl methyl sites for hydroxylation is 1. The molecule has 0 saturated carbocycles. The Labute approximate surface area is 153 Å². The van der Waals surface area contributed by atoms with Crippen LogP contribution in [0.15, 0.2) is 58.3 Å². The predicted octanol–water partition coefficient (Wildman–Crippen LogP) is 4.43. The van der Waals surface area contributed by atoms with Gasteiger partial charge in [-0.15, -0.1) is 0 Å². The fourth-order valence-corrected chi connectivity index (χ4v) is 3.36. The first-order chi connectivity index (χ1) is 10.5. The zero-order chi connectivity index (χ0) is 17.7. The van der Waals surface area contributed by atoms with Crippen molar-refractivity contribution >= 4 is 55.4 Å². The summed E-state index contributed by atoms with van der Waals surface area (Å²) in [6, 6.07) is 12.8. The van der Waals surface area contributed by atoms with E-state index in [0.29, 0.717) is 5.33 Å². The van der Waals surface area contributed by atoms with Gasteiger partial charge in [-0.1, -0.05) is 45.8 Å². The second kappa shape index (κ2) is 8.48. The summed E-state index contributed by atoms with van der Waals surface area (Å²) >= 11 is 3.25. The molecule has 2 aromatic rings. The molecule has 2 aromatic carbocycles. The van der Waals surface area contributed by atoms with Crippen molar-refractivity contribution in [1.29, 1.82) is 0 Å². The zero-order valence-corrected chi connectivity index (χ0v) is 16.6. The van der Waals surface area contributed by atoms with E-state index in [2.05, 4.69) is 15.9 Å². The predicted molar refractivity (Wildman–Crippen MR) is 96.3 cm³/mol. The van der Waals surface area contributed by atoms with E-state index in [1.54, 1.807) is 24.3 Å². The van der Waals surface area contributed by atoms with Crippen molar-refractivity contribution < 1.29 is 16.8 Å². The number of hydrogen-bond donors (Lipinski definition) is 0. The molecule has 0 unspecified atom stereocenters. The minimum Gasteiger partial charge on any atom is -0.207 e. The van der Waals surface area contributed by atoms with Crippen molar-refractivity contribution in [2.75, 3.05) is 0 Å². The van der Waals surface area contributed by atoms with Gasteiger partial charge in [0, 0.05) is 26.7 Å². The highest BCUT2D eigenvalue weighted by Crippen LogP contribution is 2.16. The van der Waals surface area contributed by atoms with Gasteiger partial charge >= 0.3 is 0 Å². The van der Waals surface area contributed by atoms with Crippen LogP contribution in [0.3, 0.4) is 0 Å². The van der Waals surface area contributed by atoms with E-state index >= 15 is 0 Å². The molecule has 0 bridgehead atoms. The Bertz CT molecular complexity index is 847. The Morgan fingerprint density at radius 1 is 0.783 bits per heavy atom. The molecule has 4 nitrogen and oxygen atoms in total. The lowest BCUT2D eigenvalue weighted by molar-refractivity contribution is 0.608.